The van der Waals surface area contributed by atoms with Crippen LogP contribution in [0.5, 0.6) is 0 Å². The van der Waals surface area contributed by atoms with Gasteiger partial charge in [0.2, 0.25) is 0 Å². The highest BCUT2D eigenvalue weighted by Crippen LogP contribution is 2.25. The molecule has 1 nitrogen and oxygen atoms in total. The van der Waals surface area contributed by atoms with E-state index in [1.165, 1.54) is 16.7 Å². The Morgan fingerprint density at radius 1 is 1.21 bits per heavy atom. The Labute approximate surface area is 86.1 Å². The Kier molecular flexibility index (Phi) is 2.32. The van der Waals surface area contributed by atoms with Crippen molar-refractivity contribution >= 4 is 0 Å². The van der Waals surface area contributed by atoms with E-state index in [2.05, 4.69) is 56.3 Å². The monoisotopic (exact) mass is 187 g/mol. The van der Waals surface area contributed by atoms with Crippen LogP contribution in [0, 0.1) is 0 Å². The molecule has 0 aromatic heterocycles. The van der Waals surface area contributed by atoms with E-state index in [9.17, 15) is 0 Å². The number of allylic oxidation sites excluding steroid dienone is 4. The molecule has 0 saturated carbocycles. The van der Waals surface area contributed by atoms with Gasteiger partial charge in [-0.3, -0.25) is 0 Å². The number of fused-ring (bicyclic) bond motifs is 1. The van der Waals surface area contributed by atoms with Crippen molar-refractivity contribution in [1.82, 2.24) is 4.90 Å². The zero-order chi connectivity index (χ0) is 10.1. The molecule has 0 aromatic rings. The van der Waals surface area contributed by atoms with Crippen LogP contribution in [0.25, 0.3) is 0 Å². The van der Waals surface area contributed by atoms with Crippen molar-refractivity contribution in [2.45, 2.75) is 33.2 Å². The molecule has 1 unspecified atom stereocenters. The number of nitrogens with zero attached hydrogens (tertiary/aromatic N) is 1. The van der Waals surface area contributed by atoms with Gasteiger partial charge >= 0.3 is 0 Å². The highest BCUT2D eigenvalue weighted by atomic mass is 15.1. The molecule has 0 amide bonds. The SMILES string of the molecule is CC1=CCC2C(C)=CC(C)=CN2C=C1. The second kappa shape index (κ2) is 3.49. The lowest BCUT2D eigenvalue weighted by Gasteiger charge is -2.30. The fraction of sp³-hybridized carbons (Fsp3) is 0.385. The summed E-state index contributed by atoms with van der Waals surface area (Å²) in [6.45, 7) is 6.53. The maximum Gasteiger partial charge on any atom is 0.0575 e. The third-order valence-corrected chi connectivity index (χ3v) is 2.87. The normalized spacial score (nSPS) is 26.1. The van der Waals surface area contributed by atoms with E-state index >= 15 is 0 Å². The van der Waals surface area contributed by atoms with Crippen LogP contribution in [0.2, 0.25) is 0 Å². The van der Waals surface area contributed by atoms with E-state index in [0.717, 1.165) is 6.42 Å². The summed E-state index contributed by atoms with van der Waals surface area (Å²) in [6, 6.07) is 0.535. The quantitative estimate of drug-likeness (QED) is 0.562. The van der Waals surface area contributed by atoms with Crippen LogP contribution in [0.1, 0.15) is 27.2 Å². The van der Waals surface area contributed by atoms with Crippen LogP contribution < -0.4 is 0 Å². The Morgan fingerprint density at radius 3 is 2.79 bits per heavy atom. The van der Waals surface area contributed by atoms with Gasteiger partial charge < -0.3 is 4.90 Å². The average Bonchev–Trinajstić information content (AvgIpc) is 2.28. The molecule has 2 heterocycles. The van der Waals surface area contributed by atoms with E-state index < -0.39 is 0 Å². The van der Waals surface area contributed by atoms with Gasteiger partial charge in [-0.25, -0.2) is 0 Å². The van der Waals surface area contributed by atoms with Crippen LogP contribution in [0.4, 0.5) is 0 Å². The van der Waals surface area contributed by atoms with Gasteiger partial charge in [-0.05, 0) is 38.8 Å². The van der Waals surface area contributed by atoms with Gasteiger partial charge in [-0.2, -0.15) is 0 Å². The first-order valence-corrected chi connectivity index (χ1v) is 5.16. The Hall–Kier alpha value is -1.24. The van der Waals surface area contributed by atoms with E-state index in [-0.39, 0.29) is 0 Å². The number of hydrogen-bond acceptors (Lipinski definition) is 1. The van der Waals surface area contributed by atoms with Gasteiger partial charge in [-0.15, -0.1) is 0 Å². The molecule has 0 bridgehead atoms. The Balaban J connectivity index is 2.33. The van der Waals surface area contributed by atoms with Gasteiger partial charge in [0.05, 0.1) is 6.04 Å². The zero-order valence-corrected chi connectivity index (χ0v) is 9.12. The van der Waals surface area contributed by atoms with Gasteiger partial charge in [0.15, 0.2) is 0 Å². The van der Waals surface area contributed by atoms with Crippen molar-refractivity contribution in [2.24, 2.45) is 0 Å². The minimum Gasteiger partial charge on any atom is -0.347 e. The van der Waals surface area contributed by atoms with Crippen molar-refractivity contribution in [3.05, 3.63) is 47.3 Å². The molecule has 1 heteroatoms. The molecule has 0 aliphatic carbocycles. The first-order chi connectivity index (χ1) is 6.66. The molecule has 2 aliphatic heterocycles. The lowest BCUT2D eigenvalue weighted by molar-refractivity contribution is 0.404. The highest BCUT2D eigenvalue weighted by Gasteiger charge is 2.19. The van der Waals surface area contributed by atoms with Crippen molar-refractivity contribution in [3.8, 4) is 0 Å². The molecule has 2 rings (SSSR count). The van der Waals surface area contributed by atoms with Crippen molar-refractivity contribution in [3.63, 3.8) is 0 Å². The Morgan fingerprint density at radius 2 is 2.00 bits per heavy atom. The van der Waals surface area contributed by atoms with Crippen LogP contribution in [-0.4, -0.2) is 10.9 Å². The van der Waals surface area contributed by atoms with E-state index in [1.54, 1.807) is 0 Å². The summed E-state index contributed by atoms with van der Waals surface area (Å²) in [4.78, 5) is 2.32. The van der Waals surface area contributed by atoms with Gasteiger partial charge in [0.1, 0.15) is 0 Å². The molecule has 0 saturated heterocycles. The fourth-order valence-corrected chi connectivity index (χ4v) is 2.08. The standard InChI is InChI=1S/C13H17N/c1-10-4-5-13-12(3)8-11(2)9-14(13)7-6-10/h4,6-9,13H,5H2,1-3H3. The zero-order valence-electron chi connectivity index (χ0n) is 9.12. The third-order valence-electron chi connectivity index (χ3n) is 2.87. The predicted octanol–water partition coefficient (Wildman–Crippen LogP) is 3.38. The number of rotatable bonds is 0. The van der Waals surface area contributed by atoms with Crippen LogP contribution in [0.3, 0.4) is 0 Å². The van der Waals surface area contributed by atoms with Gasteiger partial charge in [0.25, 0.3) is 0 Å². The summed E-state index contributed by atoms with van der Waals surface area (Å²) < 4.78 is 0. The smallest absolute Gasteiger partial charge is 0.0575 e. The van der Waals surface area contributed by atoms with Gasteiger partial charge in [-0.1, -0.05) is 23.3 Å². The predicted molar refractivity (Wildman–Crippen MR) is 60.7 cm³/mol. The van der Waals surface area contributed by atoms with Crippen molar-refractivity contribution in [1.29, 1.82) is 0 Å². The molecule has 0 radical (unpaired) electrons. The fourth-order valence-electron chi connectivity index (χ4n) is 2.08. The van der Waals surface area contributed by atoms with Crippen LogP contribution in [-0.2, 0) is 0 Å². The average molecular weight is 187 g/mol. The summed E-state index contributed by atoms with van der Waals surface area (Å²) in [7, 11) is 0. The van der Waals surface area contributed by atoms with E-state index in [0.29, 0.717) is 6.04 Å². The summed E-state index contributed by atoms with van der Waals surface area (Å²) in [5.74, 6) is 0. The summed E-state index contributed by atoms with van der Waals surface area (Å²) >= 11 is 0. The lowest BCUT2D eigenvalue weighted by atomic mass is 9.98. The van der Waals surface area contributed by atoms with Crippen LogP contribution in [0.15, 0.2) is 47.3 Å². The number of hydrogen-bond donors (Lipinski definition) is 0. The molecule has 0 fully saturated rings. The Bertz CT molecular complexity index is 355. The summed E-state index contributed by atoms with van der Waals surface area (Å²) in [5.41, 5.74) is 4.15. The molecule has 1 atom stereocenters. The summed E-state index contributed by atoms with van der Waals surface area (Å²) in [5, 5.41) is 0. The molecule has 74 valence electrons. The molecule has 0 aromatic carbocycles. The second-order valence-corrected chi connectivity index (χ2v) is 4.22. The minimum atomic E-state index is 0.535. The van der Waals surface area contributed by atoms with Crippen molar-refractivity contribution in [2.75, 3.05) is 0 Å². The molecule has 0 spiro atoms. The van der Waals surface area contributed by atoms with Gasteiger partial charge in [0, 0.05) is 12.4 Å². The first kappa shape index (κ1) is 9.32. The maximum atomic E-state index is 2.32. The lowest BCUT2D eigenvalue weighted by Crippen LogP contribution is -2.28. The minimum absolute atomic E-state index is 0.535. The topological polar surface area (TPSA) is 3.24 Å². The first-order valence-electron chi connectivity index (χ1n) is 5.16. The molecular formula is C13H17N. The molecule has 14 heavy (non-hydrogen) atoms. The van der Waals surface area contributed by atoms with E-state index in [1.807, 2.05) is 0 Å². The maximum absolute atomic E-state index is 2.32. The molecule has 0 N–H and O–H groups in total. The highest BCUT2D eigenvalue weighted by molar-refractivity contribution is 5.33. The second-order valence-electron chi connectivity index (χ2n) is 4.22. The third kappa shape index (κ3) is 1.67. The van der Waals surface area contributed by atoms with Crippen molar-refractivity contribution < 1.29 is 0 Å². The largest absolute Gasteiger partial charge is 0.347 e. The van der Waals surface area contributed by atoms with Crippen LogP contribution >= 0.6 is 0 Å². The molecule has 2 aliphatic rings. The molecular weight excluding hydrogens is 170 g/mol. The summed E-state index contributed by atoms with van der Waals surface area (Å²) in [6.07, 6.45) is 12.3. The van der Waals surface area contributed by atoms with E-state index in [4.69, 9.17) is 0 Å².